The molecule has 0 atom stereocenters. The first-order chi connectivity index (χ1) is 8.45. The third-order valence-electron chi connectivity index (χ3n) is 2.31. The molecule has 1 amide bonds. The predicted octanol–water partition coefficient (Wildman–Crippen LogP) is 0.707. The van der Waals surface area contributed by atoms with Gasteiger partial charge in [0.15, 0.2) is 12.4 Å². The molecule has 0 aliphatic rings. The summed E-state index contributed by atoms with van der Waals surface area (Å²) in [7, 11) is 0. The summed E-state index contributed by atoms with van der Waals surface area (Å²) in [5, 5.41) is 14.0. The number of nitrogens with one attached hydrogen (secondary N) is 1. The molecule has 1 rings (SSSR count). The van der Waals surface area contributed by atoms with E-state index in [4.69, 9.17) is 15.7 Å². The molecule has 6 heteroatoms. The van der Waals surface area contributed by atoms with Crippen LogP contribution < -0.4 is 15.8 Å². The fourth-order valence-corrected chi connectivity index (χ4v) is 1.24. The van der Waals surface area contributed by atoms with Gasteiger partial charge in [0.05, 0.1) is 5.54 Å². The molecule has 1 aromatic carbocycles. The lowest BCUT2D eigenvalue weighted by molar-refractivity contribution is -0.124. The van der Waals surface area contributed by atoms with Crippen molar-refractivity contribution in [3.8, 4) is 5.75 Å². The third-order valence-corrected chi connectivity index (χ3v) is 2.31. The van der Waals surface area contributed by atoms with Gasteiger partial charge in [-0.05, 0) is 26.0 Å². The maximum Gasteiger partial charge on any atom is 0.258 e. The number of amidine groups is 1. The number of hydrogen-bond donors (Lipinski definition) is 3. The number of ether oxygens (including phenoxy) is 1. The van der Waals surface area contributed by atoms with Crippen LogP contribution in [0.25, 0.3) is 0 Å². The SMILES string of the molecule is CC(C)(NC(=O)COc1ccccc1)C(N)=NO. The molecule has 0 spiro atoms. The molecule has 0 heterocycles. The van der Waals surface area contributed by atoms with Crippen molar-refractivity contribution in [2.75, 3.05) is 6.61 Å². The van der Waals surface area contributed by atoms with Crippen molar-refractivity contribution in [2.24, 2.45) is 10.9 Å². The van der Waals surface area contributed by atoms with E-state index in [0.29, 0.717) is 5.75 Å². The standard InChI is InChI=1S/C12H17N3O3/c1-12(2,11(13)15-17)14-10(16)8-18-9-6-4-3-5-7-9/h3-7,17H,8H2,1-2H3,(H2,13,15)(H,14,16). The molecule has 0 unspecified atom stereocenters. The zero-order valence-corrected chi connectivity index (χ0v) is 10.4. The number of oxime groups is 1. The maximum atomic E-state index is 11.6. The number of hydrogen-bond acceptors (Lipinski definition) is 4. The first kappa shape index (κ1) is 13.8. The third kappa shape index (κ3) is 3.97. The molecule has 1 aromatic rings. The molecular weight excluding hydrogens is 234 g/mol. The first-order valence-electron chi connectivity index (χ1n) is 5.42. The van der Waals surface area contributed by atoms with Gasteiger partial charge in [-0.15, -0.1) is 0 Å². The number of amides is 1. The van der Waals surface area contributed by atoms with E-state index in [9.17, 15) is 4.79 Å². The summed E-state index contributed by atoms with van der Waals surface area (Å²) in [6.45, 7) is 3.12. The van der Waals surface area contributed by atoms with Crippen molar-refractivity contribution in [3.05, 3.63) is 30.3 Å². The van der Waals surface area contributed by atoms with Crippen LogP contribution in [-0.4, -0.2) is 29.1 Å². The van der Waals surface area contributed by atoms with Crippen LogP contribution in [0.5, 0.6) is 5.75 Å². The van der Waals surface area contributed by atoms with Crippen LogP contribution in [0.3, 0.4) is 0 Å². The quantitative estimate of drug-likeness (QED) is 0.311. The summed E-state index contributed by atoms with van der Waals surface area (Å²) in [6, 6.07) is 8.99. The van der Waals surface area contributed by atoms with Crippen molar-refractivity contribution in [1.29, 1.82) is 0 Å². The van der Waals surface area contributed by atoms with E-state index in [1.54, 1.807) is 26.0 Å². The minimum Gasteiger partial charge on any atom is -0.484 e. The monoisotopic (exact) mass is 251 g/mol. The van der Waals surface area contributed by atoms with Crippen molar-refractivity contribution in [2.45, 2.75) is 19.4 Å². The van der Waals surface area contributed by atoms with Crippen molar-refractivity contribution >= 4 is 11.7 Å². The number of para-hydroxylation sites is 1. The lowest BCUT2D eigenvalue weighted by atomic mass is 10.0. The molecule has 0 radical (unpaired) electrons. The Balaban J connectivity index is 2.48. The Bertz CT molecular complexity index is 429. The summed E-state index contributed by atoms with van der Waals surface area (Å²) in [4.78, 5) is 11.6. The minimum absolute atomic E-state index is 0.0736. The first-order valence-corrected chi connectivity index (χ1v) is 5.42. The molecule has 0 saturated carbocycles. The van der Waals surface area contributed by atoms with Crippen LogP contribution in [0.15, 0.2) is 35.5 Å². The van der Waals surface area contributed by atoms with Crippen LogP contribution in [0, 0.1) is 0 Å². The highest BCUT2D eigenvalue weighted by molar-refractivity contribution is 5.93. The number of nitrogens with zero attached hydrogens (tertiary/aromatic N) is 1. The Kier molecular flexibility index (Phi) is 4.53. The molecule has 0 aromatic heterocycles. The largest absolute Gasteiger partial charge is 0.484 e. The van der Waals surface area contributed by atoms with E-state index in [-0.39, 0.29) is 18.3 Å². The molecule has 0 saturated heterocycles. The van der Waals surface area contributed by atoms with Crippen LogP contribution >= 0.6 is 0 Å². The van der Waals surface area contributed by atoms with E-state index < -0.39 is 5.54 Å². The van der Waals surface area contributed by atoms with E-state index in [1.807, 2.05) is 18.2 Å². The van der Waals surface area contributed by atoms with Crippen molar-refractivity contribution < 1.29 is 14.7 Å². The Hall–Kier alpha value is -2.24. The Morgan fingerprint density at radius 2 is 2.06 bits per heavy atom. The highest BCUT2D eigenvalue weighted by atomic mass is 16.5. The molecule has 6 nitrogen and oxygen atoms in total. The number of carbonyl (C=O) groups excluding carboxylic acids is 1. The second-order valence-electron chi connectivity index (χ2n) is 4.26. The van der Waals surface area contributed by atoms with E-state index in [1.165, 1.54) is 0 Å². The Morgan fingerprint density at radius 3 is 2.61 bits per heavy atom. The number of benzene rings is 1. The summed E-state index contributed by atoms with van der Waals surface area (Å²) in [5.74, 6) is 0.181. The summed E-state index contributed by atoms with van der Waals surface area (Å²) < 4.78 is 5.27. The fourth-order valence-electron chi connectivity index (χ4n) is 1.24. The van der Waals surface area contributed by atoms with E-state index >= 15 is 0 Å². The average molecular weight is 251 g/mol. The fraction of sp³-hybridized carbons (Fsp3) is 0.333. The normalized spacial score (nSPS) is 12.0. The van der Waals surface area contributed by atoms with Crippen LogP contribution in [0.2, 0.25) is 0 Å². The lowest BCUT2D eigenvalue weighted by Crippen LogP contribution is -2.54. The number of rotatable bonds is 5. The lowest BCUT2D eigenvalue weighted by Gasteiger charge is -2.24. The Morgan fingerprint density at radius 1 is 1.44 bits per heavy atom. The van der Waals surface area contributed by atoms with Gasteiger partial charge in [-0.1, -0.05) is 23.4 Å². The molecule has 0 aliphatic carbocycles. The van der Waals surface area contributed by atoms with Crippen LogP contribution in [0.1, 0.15) is 13.8 Å². The van der Waals surface area contributed by atoms with Gasteiger partial charge in [0.25, 0.3) is 5.91 Å². The molecule has 4 N–H and O–H groups in total. The number of nitrogens with two attached hydrogens (primary N) is 1. The van der Waals surface area contributed by atoms with Gasteiger partial charge >= 0.3 is 0 Å². The minimum atomic E-state index is -0.925. The van der Waals surface area contributed by atoms with Gasteiger partial charge in [-0.2, -0.15) is 0 Å². The zero-order valence-electron chi connectivity index (χ0n) is 10.4. The molecule has 0 fully saturated rings. The zero-order chi connectivity index (χ0) is 13.6. The number of carbonyl (C=O) groups is 1. The van der Waals surface area contributed by atoms with Gasteiger partial charge in [0.1, 0.15) is 5.75 Å². The van der Waals surface area contributed by atoms with Crippen molar-refractivity contribution in [1.82, 2.24) is 5.32 Å². The maximum absolute atomic E-state index is 11.6. The highest BCUT2D eigenvalue weighted by Crippen LogP contribution is 2.08. The summed E-state index contributed by atoms with van der Waals surface area (Å²) >= 11 is 0. The van der Waals surface area contributed by atoms with Gasteiger partial charge < -0.3 is 21.0 Å². The van der Waals surface area contributed by atoms with Gasteiger partial charge in [0, 0.05) is 0 Å². The smallest absolute Gasteiger partial charge is 0.258 e. The van der Waals surface area contributed by atoms with Crippen LogP contribution in [-0.2, 0) is 4.79 Å². The molecule has 0 bridgehead atoms. The summed E-state index contributed by atoms with van der Waals surface area (Å²) in [6.07, 6.45) is 0. The average Bonchev–Trinajstić information content (AvgIpc) is 2.36. The highest BCUT2D eigenvalue weighted by Gasteiger charge is 2.25. The predicted molar refractivity (Wildman–Crippen MR) is 67.6 cm³/mol. The molecule has 0 aliphatic heterocycles. The van der Waals surface area contributed by atoms with Gasteiger partial charge in [-0.3, -0.25) is 4.79 Å². The Labute approximate surface area is 105 Å². The van der Waals surface area contributed by atoms with Gasteiger partial charge in [0.2, 0.25) is 0 Å². The second kappa shape index (κ2) is 5.90. The van der Waals surface area contributed by atoms with E-state index in [0.717, 1.165) is 0 Å². The second-order valence-corrected chi connectivity index (χ2v) is 4.26. The van der Waals surface area contributed by atoms with Crippen LogP contribution in [0.4, 0.5) is 0 Å². The molecule has 98 valence electrons. The van der Waals surface area contributed by atoms with E-state index in [2.05, 4.69) is 10.5 Å². The van der Waals surface area contributed by atoms with Crippen molar-refractivity contribution in [3.63, 3.8) is 0 Å². The molecular formula is C12H17N3O3. The van der Waals surface area contributed by atoms with Gasteiger partial charge in [-0.25, -0.2) is 0 Å². The summed E-state index contributed by atoms with van der Waals surface area (Å²) in [5.41, 5.74) is 4.53. The molecule has 18 heavy (non-hydrogen) atoms. The topological polar surface area (TPSA) is 96.9 Å².